The van der Waals surface area contributed by atoms with Crippen molar-refractivity contribution in [3.05, 3.63) is 42.4 Å². The molecule has 0 unspecified atom stereocenters. The molecule has 0 saturated heterocycles. The molecule has 0 fully saturated rings. The van der Waals surface area contributed by atoms with E-state index in [0.29, 0.717) is 23.1 Å². The number of rotatable bonds is 2. The summed E-state index contributed by atoms with van der Waals surface area (Å²) in [7, 11) is 0. The van der Waals surface area contributed by atoms with Gasteiger partial charge < -0.3 is 10.5 Å². The van der Waals surface area contributed by atoms with Gasteiger partial charge in [0.15, 0.2) is 0 Å². The van der Waals surface area contributed by atoms with Crippen LogP contribution in [-0.4, -0.2) is 9.97 Å². The lowest BCUT2D eigenvalue weighted by Crippen LogP contribution is -1.92. The van der Waals surface area contributed by atoms with Gasteiger partial charge in [-0.1, -0.05) is 6.07 Å². The molecule has 15 heavy (non-hydrogen) atoms. The second-order valence-corrected chi connectivity index (χ2v) is 3.12. The van der Waals surface area contributed by atoms with Crippen molar-refractivity contribution in [2.75, 3.05) is 5.73 Å². The number of ether oxygens (including phenoxy) is 1. The molecule has 76 valence electrons. The third kappa shape index (κ3) is 2.43. The SMILES string of the molecule is Cc1nccc(Oc2cccc(N)c2)n1. The molecule has 1 aromatic carbocycles. The number of benzene rings is 1. The lowest BCUT2D eigenvalue weighted by Gasteiger charge is -2.04. The zero-order valence-corrected chi connectivity index (χ0v) is 8.34. The topological polar surface area (TPSA) is 61.0 Å². The minimum atomic E-state index is 0.521. The van der Waals surface area contributed by atoms with Crippen LogP contribution >= 0.6 is 0 Å². The Labute approximate surface area is 87.7 Å². The smallest absolute Gasteiger partial charge is 0.222 e. The predicted molar refractivity (Wildman–Crippen MR) is 57.7 cm³/mol. The number of nitrogens with zero attached hydrogens (tertiary/aromatic N) is 2. The summed E-state index contributed by atoms with van der Waals surface area (Å²) in [4.78, 5) is 8.11. The number of hydrogen-bond acceptors (Lipinski definition) is 4. The van der Waals surface area contributed by atoms with Gasteiger partial charge >= 0.3 is 0 Å². The average Bonchev–Trinajstić information content (AvgIpc) is 2.17. The minimum Gasteiger partial charge on any atom is -0.439 e. The average molecular weight is 201 g/mol. The highest BCUT2D eigenvalue weighted by molar-refractivity contribution is 5.44. The highest BCUT2D eigenvalue weighted by atomic mass is 16.5. The molecule has 0 aliphatic heterocycles. The molecule has 1 aromatic heterocycles. The van der Waals surface area contributed by atoms with Crippen LogP contribution in [-0.2, 0) is 0 Å². The van der Waals surface area contributed by atoms with Crippen LogP contribution in [0.25, 0.3) is 0 Å². The van der Waals surface area contributed by atoms with Crippen molar-refractivity contribution < 1.29 is 4.74 Å². The van der Waals surface area contributed by atoms with E-state index in [4.69, 9.17) is 10.5 Å². The van der Waals surface area contributed by atoms with Gasteiger partial charge in [0.25, 0.3) is 0 Å². The number of nitrogen functional groups attached to an aromatic ring is 1. The van der Waals surface area contributed by atoms with E-state index >= 15 is 0 Å². The van der Waals surface area contributed by atoms with Gasteiger partial charge in [0.2, 0.25) is 5.88 Å². The number of aryl methyl sites for hydroxylation is 1. The molecule has 0 saturated carbocycles. The van der Waals surface area contributed by atoms with Crippen LogP contribution in [0.5, 0.6) is 11.6 Å². The second-order valence-electron chi connectivity index (χ2n) is 3.12. The summed E-state index contributed by atoms with van der Waals surface area (Å²) >= 11 is 0. The molecule has 4 heteroatoms. The van der Waals surface area contributed by atoms with Gasteiger partial charge in [-0.25, -0.2) is 4.98 Å². The van der Waals surface area contributed by atoms with Gasteiger partial charge in [0.1, 0.15) is 11.6 Å². The zero-order chi connectivity index (χ0) is 10.7. The second kappa shape index (κ2) is 3.96. The molecule has 4 nitrogen and oxygen atoms in total. The Hall–Kier alpha value is -2.10. The monoisotopic (exact) mass is 201 g/mol. The van der Waals surface area contributed by atoms with Gasteiger partial charge in [-0.2, -0.15) is 4.98 Å². The summed E-state index contributed by atoms with van der Waals surface area (Å²) in [5.41, 5.74) is 6.29. The van der Waals surface area contributed by atoms with Gasteiger partial charge in [-0.05, 0) is 19.1 Å². The van der Waals surface area contributed by atoms with E-state index in [0.717, 1.165) is 0 Å². The first-order valence-electron chi connectivity index (χ1n) is 4.57. The lowest BCUT2D eigenvalue weighted by molar-refractivity contribution is 0.460. The number of nitrogens with two attached hydrogens (primary N) is 1. The van der Waals surface area contributed by atoms with E-state index in [1.807, 2.05) is 19.1 Å². The van der Waals surface area contributed by atoms with Crippen LogP contribution in [0.1, 0.15) is 5.82 Å². The molecule has 0 spiro atoms. The summed E-state index contributed by atoms with van der Waals surface area (Å²) in [6.07, 6.45) is 1.66. The predicted octanol–water partition coefficient (Wildman–Crippen LogP) is 2.16. The van der Waals surface area contributed by atoms with Crippen molar-refractivity contribution in [3.8, 4) is 11.6 Å². The molecule has 0 radical (unpaired) electrons. The zero-order valence-electron chi connectivity index (χ0n) is 8.34. The molecule has 2 N–H and O–H groups in total. The molecule has 0 aliphatic rings. The highest BCUT2D eigenvalue weighted by Crippen LogP contribution is 2.20. The van der Waals surface area contributed by atoms with Crippen molar-refractivity contribution in [2.24, 2.45) is 0 Å². The Balaban J connectivity index is 2.22. The van der Waals surface area contributed by atoms with Crippen molar-refractivity contribution in [1.29, 1.82) is 0 Å². The first kappa shape index (κ1) is 9.45. The maximum absolute atomic E-state index is 5.63. The van der Waals surface area contributed by atoms with E-state index in [1.165, 1.54) is 0 Å². The fraction of sp³-hybridized carbons (Fsp3) is 0.0909. The molecule has 2 aromatic rings. The fourth-order valence-corrected chi connectivity index (χ4v) is 1.19. The molecule has 1 heterocycles. The van der Waals surface area contributed by atoms with E-state index in [1.54, 1.807) is 24.4 Å². The third-order valence-electron chi connectivity index (χ3n) is 1.83. The molecule has 0 amide bonds. The molecule has 0 atom stereocenters. The summed E-state index contributed by atoms with van der Waals surface area (Å²) in [5, 5.41) is 0. The Morgan fingerprint density at radius 1 is 1.27 bits per heavy atom. The van der Waals surface area contributed by atoms with Crippen molar-refractivity contribution >= 4 is 5.69 Å². The first-order valence-corrected chi connectivity index (χ1v) is 4.57. The summed E-state index contributed by atoms with van der Waals surface area (Å²) < 4.78 is 5.51. The Kier molecular flexibility index (Phi) is 2.49. The normalized spacial score (nSPS) is 9.93. The molecular formula is C11H11N3O. The summed E-state index contributed by atoms with van der Waals surface area (Å²) in [5.74, 6) is 1.87. The van der Waals surface area contributed by atoms with Crippen LogP contribution < -0.4 is 10.5 Å². The van der Waals surface area contributed by atoms with Crippen LogP contribution in [0.4, 0.5) is 5.69 Å². The van der Waals surface area contributed by atoms with Crippen LogP contribution in [0.2, 0.25) is 0 Å². The molecular weight excluding hydrogens is 190 g/mol. The Bertz CT molecular complexity index is 427. The Morgan fingerprint density at radius 3 is 2.87 bits per heavy atom. The standard InChI is InChI=1S/C11H11N3O/c1-8-13-6-5-11(14-8)15-10-4-2-3-9(12)7-10/h2-7H,12H2,1H3. The maximum Gasteiger partial charge on any atom is 0.222 e. The number of anilines is 1. The molecule has 0 bridgehead atoms. The van der Waals surface area contributed by atoms with Gasteiger partial charge in [-0.15, -0.1) is 0 Å². The van der Waals surface area contributed by atoms with Crippen LogP contribution in [0, 0.1) is 6.92 Å². The Morgan fingerprint density at radius 2 is 2.13 bits per heavy atom. The first-order chi connectivity index (χ1) is 7.24. The van der Waals surface area contributed by atoms with Crippen molar-refractivity contribution in [1.82, 2.24) is 9.97 Å². The van der Waals surface area contributed by atoms with E-state index < -0.39 is 0 Å². The number of hydrogen-bond donors (Lipinski definition) is 1. The molecule has 2 rings (SSSR count). The van der Waals surface area contributed by atoms with Gasteiger partial charge in [-0.3, -0.25) is 0 Å². The largest absolute Gasteiger partial charge is 0.439 e. The van der Waals surface area contributed by atoms with Gasteiger partial charge in [0.05, 0.1) is 0 Å². The summed E-state index contributed by atoms with van der Waals surface area (Å²) in [6, 6.07) is 8.91. The molecule has 0 aliphatic carbocycles. The summed E-state index contributed by atoms with van der Waals surface area (Å²) in [6.45, 7) is 1.81. The lowest BCUT2D eigenvalue weighted by atomic mass is 10.3. The quantitative estimate of drug-likeness (QED) is 0.756. The number of aromatic nitrogens is 2. The van der Waals surface area contributed by atoms with Crippen molar-refractivity contribution in [2.45, 2.75) is 6.92 Å². The van der Waals surface area contributed by atoms with Crippen LogP contribution in [0.3, 0.4) is 0 Å². The van der Waals surface area contributed by atoms with E-state index in [9.17, 15) is 0 Å². The highest BCUT2D eigenvalue weighted by Gasteiger charge is 1.99. The van der Waals surface area contributed by atoms with E-state index in [2.05, 4.69) is 9.97 Å². The maximum atomic E-state index is 5.63. The minimum absolute atomic E-state index is 0.521. The van der Waals surface area contributed by atoms with Crippen LogP contribution in [0.15, 0.2) is 36.5 Å². The van der Waals surface area contributed by atoms with Gasteiger partial charge in [0, 0.05) is 24.0 Å². The van der Waals surface area contributed by atoms with Crippen molar-refractivity contribution in [3.63, 3.8) is 0 Å². The third-order valence-corrected chi connectivity index (χ3v) is 1.83. The fourth-order valence-electron chi connectivity index (χ4n) is 1.19. The van der Waals surface area contributed by atoms with E-state index in [-0.39, 0.29) is 0 Å².